The first-order chi connectivity index (χ1) is 10.1. The Kier molecular flexibility index (Phi) is 2.35. The lowest BCUT2D eigenvalue weighted by molar-refractivity contribution is 0.103. The van der Waals surface area contributed by atoms with E-state index in [1.165, 1.54) is 4.57 Å². The van der Waals surface area contributed by atoms with Crippen molar-refractivity contribution >= 4 is 28.3 Å². The van der Waals surface area contributed by atoms with E-state index >= 15 is 0 Å². The minimum Gasteiger partial charge on any atom is -0.285 e. The molecule has 0 radical (unpaired) electrons. The van der Waals surface area contributed by atoms with Crippen LogP contribution in [0.5, 0.6) is 0 Å². The summed E-state index contributed by atoms with van der Waals surface area (Å²) >= 11 is 5.95. The Morgan fingerprint density at radius 3 is 2.71 bits per heavy atom. The van der Waals surface area contributed by atoms with Crippen molar-refractivity contribution in [3.63, 3.8) is 0 Å². The molecule has 102 valence electrons. The van der Waals surface area contributed by atoms with Crippen LogP contribution in [0.15, 0.2) is 41.2 Å². The molecule has 0 unspecified atom stereocenters. The third-order valence-corrected chi connectivity index (χ3v) is 3.91. The number of nitrogens with zero attached hydrogens (tertiary/aromatic N) is 2. The lowest BCUT2D eigenvalue weighted by atomic mass is 10.1. The van der Waals surface area contributed by atoms with E-state index in [4.69, 9.17) is 11.6 Å². The second kappa shape index (κ2) is 4.02. The molecule has 1 aliphatic rings. The number of benzene rings is 2. The van der Waals surface area contributed by atoms with Gasteiger partial charge in [-0.2, -0.15) is 0 Å². The van der Waals surface area contributed by atoms with Crippen molar-refractivity contribution in [3.05, 3.63) is 68.7 Å². The highest BCUT2D eigenvalue weighted by Crippen LogP contribution is 2.27. The van der Waals surface area contributed by atoms with E-state index in [1.54, 1.807) is 30.3 Å². The summed E-state index contributed by atoms with van der Waals surface area (Å²) in [5.74, 6) is -0.0573. The normalized spacial score (nSPS) is 12.6. The maximum Gasteiger partial charge on any atom is 0.266 e. The molecule has 0 atom stereocenters. The Balaban J connectivity index is 2.18. The molecule has 0 bridgehead atoms. The molecule has 4 nitrogen and oxygen atoms in total. The number of rotatable bonds is 0. The molecule has 0 aliphatic carbocycles. The monoisotopic (exact) mass is 296 g/mol. The number of fused-ring (bicyclic) bond motifs is 4. The van der Waals surface area contributed by atoms with E-state index in [1.807, 2.05) is 13.0 Å². The summed E-state index contributed by atoms with van der Waals surface area (Å²) < 4.78 is 1.37. The van der Waals surface area contributed by atoms with Crippen LogP contribution in [0.1, 0.15) is 21.7 Å². The lowest BCUT2D eigenvalue weighted by Crippen LogP contribution is -2.21. The highest BCUT2D eigenvalue weighted by molar-refractivity contribution is 6.31. The van der Waals surface area contributed by atoms with Crippen LogP contribution in [0.2, 0.25) is 5.02 Å². The zero-order valence-electron chi connectivity index (χ0n) is 11.1. The van der Waals surface area contributed by atoms with Crippen molar-refractivity contribution in [2.45, 2.75) is 6.92 Å². The Morgan fingerprint density at radius 2 is 1.90 bits per heavy atom. The third-order valence-electron chi connectivity index (χ3n) is 3.67. The number of halogens is 1. The highest BCUT2D eigenvalue weighted by Gasteiger charge is 2.30. The fraction of sp³-hybridized carbons (Fsp3) is 0.0625. The highest BCUT2D eigenvalue weighted by atomic mass is 35.5. The average molecular weight is 297 g/mol. The van der Waals surface area contributed by atoms with E-state index in [0.717, 1.165) is 5.56 Å². The van der Waals surface area contributed by atoms with Crippen LogP contribution in [0.3, 0.4) is 0 Å². The van der Waals surface area contributed by atoms with Crippen LogP contribution in [0, 0.1) is 6.92 Å². The van der Waals surface area contributed by atoms with Crippen molar-refractivity contribution in [2.24, 2.45) is 0 Å². The Bertz CT molecular complexity index is 1010. The minimum atomic E-state index is -0.270. The molecule has 21 heavy (non-hydrogen) atoms. The molecule has 1 aliphatic heterocycles. The molecular formula is C16H9ClN2O2. The second-order valence-electron chi connectivity index (χ2n) is 5.09. The SMILES string of the molecule is Cc1ccc2c(c1)C(=O)c1nc3ccc(Cl)cc3c(=O)n1-2. The van der Waals surface area contributed by atoms with Gasteiger partial charge in [0.05, 0.1) is 22.2 Å². The van der Waals surface area contributed by atoms with Crippen molar-refractivity contribution < 1.29 is 4.79 Å². The summed E-state index contributed by atoms with van der Waals surface area (Å²) in [6, 6.07) is 10.3. The third kappa shape index (κ3) is 1.59. The van der Waals surface area contributed by atoms with E-state index in [9.17, 15) is 9.59 Å². The molecule has 2 heterocycles. The predicted octanol–water partition coefficient (Wildman–Crippen LogP) is 2.89. The van der Waals surface area contributed by atoms with Crippen LogP contribution in [-0.4, -0.2) is 15.3 Å². The molecule has 3 aromatic rings. The molecular weight excluding hydrogens is 288 g/mol. The van der Waals surface area contributed by atoms with Gasteiger partial charge in [0.2, 0.25) is 5.78 Å². The van der Waals surface area contributed by atoms with Gasteiger partial charge in [0, 0.05) is 5.02 Å². The molecule has 2 aromatic carbocycles. The number of aromatic nitrogens is 2. The average Bonchev–Trinajstić information content (AvgIpc) is 2.73. The smallest absolute Gasteiger partial charge is 0.266 e. The maximum atomic E-state index is 12.7. The summed E-state index contributed by atoms with van der Waals surface area (Å²) in [5, 5.41) is 0.878. The van der Waals surface area contributed by atoms with Gasteiger partial charge < -0.3 is 0 Å². The van der Waals surface area contributed by atoms with Crippen LogP contribution < -0.4 is 5.56 Å². The van der Waals surface area contributed by atoms with Gasteiger partial charge >= 0.3 is 0 Å². The zero-order valence-corrected chi connectivity index (χ0v) is 11.8. The summed E-state index contributed by atoms with van der Waals surface area (Å²) in [4.78, 5) is 29.5. The molecule has 4 rings (SSSR count). The second-order valence-corrected chi connectivity index (χ2v) is 5.52. The van der Waals surface area contributed by atoms with Crippen molar-refractivity contribution in [1.29, 1.82) is 0 Å². The quantitative estimate of drug-likeness (QED) is 0.501. The molecule has 0 saturated heterocycles. The maximum absolute atomic E-state index is 12.7. The number of carbonyl (C=O) groups excluding carboxylic acids is 1. The van der Waals surface area contributed by atoms with Gasteiger partial charge in [0.15, 0.2) is 5.82 Å². The van der Waals surface area contributed by atoms with Gasteiger partial charge in [-0.1, -0.05) is 23.2 Å². The van der Waals surface area contributed by atoms with Crippen LogP contribution >= 0.6 is 11.6 Å². The molecule has 1 aromatic heterocycles. The number of hydrogen-bond donors (Lipinski definition) is 0. The number of aryl methyl sites for hydroxylation is 1. The fourth-order valence-corrected chi connectivity index (χ4v) is 2.85. The van der Waals surface area contributed by atoms with Crippen LogP contribution in [0.25, 0.3) is 16.6 Å². The van der Waals surface area contributed by atoms with E-state index in [0.29, 0.717) is 27.2 Å². The van der Waals surface area contributed by atoms with Gasteiger partial charge in [-0.25, -0.2) is 4.98 Å². The van der Waals surface area contributed by atoms with Gasteiger partial charge in [0.25, 0.3) is 5.56 Å². The van der Waals surface area contributed by atoms with E-state index < -0.39 is 0 Å². The van der Waals surface area contributed by atoms with Gasteiger partial charge in [0.1, 0.15) is 0 Å². The van der Waals surface area contributed by atoms with Crippen LogP contribution in [-0.2, 0) is 0 Å². The minimum absolute atomic E-state index is 0.162. The topological polar surface area (TPSA) is 52.0 Å². The number of hydrogen-bond acceptors (Lipinski definition) is 3. The summed E-state index contributed by atoms with van der Waals surface area (Å²) in [5.41, 5.74) is 2.28. The first kappa shape index (κ1) is 12.3. The fourth-order valence-electron chi connectivity index (χ4n) is 2.68. The van der Waals surface area contributed by atoms with Crippen LogP contribution in [0.4, 0.5) is 0 Å². The number of ketones is 1. The Hall–Kier alpha value is -2.46. The standard InChI is InChI=1S/C16H9ClN2O2/c1-8-2-5-13-11(6-8)14(20)15-18-12-4-3-9(17)7-10(12)16(21)19(13)15/h2-7H,1H3. The van der Waals surface area contributed by atoms with Gasteiger partial charge in [-0.05, 0) is 37.3 Å². The van der Waals surface area contributed by atoms with Crippen molar-refractivity contribution in [2.75, 3.05) is 0 Å². The predicted molar refractivity (Wildman–Crippen MR) is 80.5 cm³/mol. The molecule has 0 N–H and O–H groups in total. The largest absolute Gasteiger partial charge is 0.285 e. The van der Waals surface area contributed by atoms with Gasteiger partial charge in [-0.3, -0.25) is 14.2 Å². The zero-order chi connectivity index (χ0) is 14.7. The first-order valence-electron chi connectivity index (χ1n) is 6.44. The molecule has 0 fully saturated rings. The number of carbonyl (C=O) groups is 1. The van der Waals surface area contributed by atoms with E-state index in [2.05, 4.69) is 4.98 Å². The molecule has 0 amide bonds. The van der Waals surface area contributed by atoms with E-state index in [-0.39, 0.29) is 17.2 Å². The molecule has 0 saturated carbocycles. The van der Waals surface area contributed by atoms with Crippen molar-refractivity contribution in [3.8, 4) is 5.69 Å². The first-order valence-corrected chi connectivity index (χ1v) is 6.82. The Labute approximate surface area is 124 Å². The molecule has 0 spiro atoms. The summed E-state index contributed by atoms with van der Waals surface area (Å²) in [6.45, 7) is 1.91. The Morgan fingerprint density at radius 1 is 1.10 bits per heavy atom. The molecule has 5 heteroatoms. The van der Waals surface area contributed by atoms with Crippen molar-refractivity contribution in [1.82, 2.24) is 9.55 Å². The summed E-state index contributed by atoms with van der Waals surface area (Å²) in [7, 11) is 0. The van der Waals surface area contributed by atoms with Gasteiger partial charge in [-0.15, -0.1) is 0 Å². The summed E-state index contributed by atoms with van der Waals surface area (Å²) in [6.07, 6.45) is 0. The lowest BCUT2D eigenvalue weighted by Gasteiger charge is -2.05.